The Balaban J connectivity index is 1.24. The summed E-state index contributed by atoms with van der Waals surface area (Å²) < 4.78 is 17.7. The van der Waals surface area contributed by atoms with Gasteiger partial charge in [0, 0.05) is 18.4 Å². The zero-order valence-electron chi connectivity index (χ0n) is 24.4. The topological polar surface area (TPSA) is 106 Å². The van der Waals surface area contributed by atoms with Gasteiger partial charge in [0.25, 0.3) is 11.8 Å². The smallest absolute Gasteiger partial charge is 0.259 e. The molecule has 220 valence electrons. The Morgan fingerprint density at radius 2 is 1.79 bits per heavy atom. The molecule has 2 aliphatic rings. The summed E-state index contributed by atoms with van der Waals surface area (Å²) in [7, 11) is 3.27. The molecule has 0 saturated carbocycles. The van der Waals surface area contributed by atoms with E-state index >= 15 is 0 Å². The highest BCUT2D eigenvalue weighted by molar-refractivity contribution is 6.07. The quantitative estimate of drug-likeness (QED) is 0.389. The molecule has 3 aromatic rings. The molecule has 3 atom stereocenters. The lowest BCUT2D eigenvalue weighted by Crippen LogP contribution is -2.53. The van der Waals surface area contributed by atoms with Gasteiger partial charge in [0.2, 0.25) is 5.91 Å². The van der Waals surface area contributed by atoms with Gasteiger partial charge in [-0.15, -0.1) is 0 Å². The molecule has 3 aromatic carbocycles. The summed E-state index contributed by atoms with van der Waals surface area (Å²) in [5, 5.41) is 5.84. The van der Waals surface area contributed by atoms with Crippen molar-refractivity contribution >= 4 is 29.1 Å². The van der Waals surface area contributed by atoms with Gasteiger partial charge in [-0.2, -0.15) is 0 Å². The number of anilines is 2. The molecule has 0 aliphatic carbocycles. The van der Waals surface area contributed by atoms with Crippen molar-refractivity contribution in [3.05, 3.63) is 83.4 Å². The van der Waals surface area contributed by atoms with Gasteiger partial charge in [0.1, 0.15) is 24.2 Å². The van der Waals surface area contributed by atoms with Gasteiger partial charge in [0.05, 0.1) is 36.8 Å². The molecule has 0 radical (unpaired) electrons. The van der Waals surface area contributed by atoms with Gasteiger partial charge in [-0.05, 0) is 66.8 Å². The Labute approximate surface area is 246 Å². The molecule has 3 amide bonds. The SMILES string of the molecule is COc1ccccc1C(=O)Nc1ccc2c(c1)C(=O)N(C)[C@H]1CC[C@H](CC(=O)Nc3cccc(C(C)C)c3)O[C@@H]1CO2. The molecule has 0 bridgehead atoms. The van der Waals surface area contributed by atoms with E-state index in [0.29, 0.717) is 47.1 Å². The Morgan fingerprint density at radius 1 is 1.00 bits per heavy atom. The van der Waals surface area contributed by atoms with Crippen LogP contribution in [0.5, 0.6) is 11.5 Å². The van der Waals surface area contributed by atoms with Crippen molar-refractivity contribution in [2.45, 2.75) is 57.3 Å². The number of methoxy groups -OCH3 is 1. The van der Waals surface area contributed by atoms with E-state index in [1.165, 1.54) is 7.11 Å². The molecule has 5 rings (SSSR count). The molecule has 1 fully saturated rings. The summed E-state index contributed by atoms with van der Waals surface area (Å²) in [6.45, 7) is 4.46. The van der Waals surface area contributed by atoms with Crippen LogP contribution in [0.25, 0.3) is 0 Å². The molecule has 0 spiro atoms. The molecule has 9 heteroatoms. The van der Waals surface area contributed by atoms with Crippen LogP contribution in [0.4, 0.5) is 11.4 Å². The maximum atomic E-state index is 13.6. The van der Waals surface area contributed by atoms with Crippen LogP contribution in [0.3, 0.4) is 0 Å². The number of nitrogens with one attached hydrogen (secondary N) is 2. The molecule has 9 nitrogen and oxygen atoms in total. The third-order valence-corrected chi connectivity index (χ3v) is 7.87. The Hall–Kier alpha value is -4.37. The first-order valence-corrected chi connectivity index (χ1v) is 14.3. The summed E-state index contributed by atoms with van der Waals surface area (Å²) in [6, 6.07) is 19.6. The fourth-order valence-electron chi connectivity index (χ4n) is 5.53. The zero-order valence-corrected chi connectivity index (χ0v) is 24.4. The van der Waals surface area contributed by atoms with Crippen LogP contribution in [0.2, 0.25) is 0 Å². The van der Waals surface area contributed by atoms with Gasteiger partial charge < -0.3 is 29.7 Å². The number of carbonyl (C=O) groups is 3. The minimum Gasteiger partial charge on any atom is -0.496 e. The van der Waals surface area contributed by atoms with Crippen molar-refractivity contribution < 1.29 is 28.6 Å². The van der Waals surface area contributed by atoms with E-state index in [2.05, 4.69) is 24.5 Å². The summed E-state index contributed by atoms with van der Waals surface area (Å²) >= 11 is 0. The van der Waals surface area contributed by atoms with E-state index in [1.807, 2.05) is 24.3 Å². The summed E-state index contributed by atoms with van der Waals surface area (Å²) in [6.07, 6.45) is 0.876. The van der Waals surface area contributed by atoms with Crippen LogP contribution in [0.15, 0.2) is 66.7 Å². The molecule has 2 N–H and O–H groups in total. The van der Waals surface area contributed by atoms with Gasteiger partial charge in [0.15, 0.2) is 0 Å². The molecule has 0 aromatic heterocycles. The van der Waals surface area contributed by atoms with Crippen molar-refractivity contribution in [1.82, 2.24) is 4.90 Å². The number of hydrogen-bond donors (Lipinski definition) is 2. The third kappa shape index (κ3) is 6.41. The number of likely N-dealkylation sites (N-methyl/N-ethyl adjacent to an activating group) is 1. The van der Waals surface area contributed by atoms with Crippen molar-refractivity contribution in [3.8, 4) is 11.5 Å². The van der Waals surface area contributed by atoms with Gasteiger partial charge >= 0.3 is 0 Å². The molecular weight excluding hydrogens is 534 g/mol. The van der Waals surface area contributed by atoms with Crippen LogP contribution in [0.1, 0.15) is 65.3 Å². The molecule has 42 heavy (non-hydrogen) atoms. The number of amides is 3. The van der Waals surface area contributed by atoms with Gasteiger partial charge in [-0.3, -0.25) is 14.4 Å². The summed E-state index contributed by atoms with van der Waals surface area (Å²) in [4.78, 5) is 41.0. The average molecular weight is 572 g/mol. The fourth-order valence-corrected chi connectivity index (χ4v) is 5.53. The molecule has 2 aliphatic heterocycles. The molecular formula is C33H37N3O6. The van der Waals surface area contributed by atoms with Crippen molar-refractivity contribution in [3.63, 3.8) is 0 Å². The largest absolute Gasteiger partial charge is 0.496 e. The lowest BCUT2D eigenvalue weighted by atomic mass is 9.94. The Bertz CT molecular complexity index is 1470. The highest BCUT2D eigenvalue weighted by Gasteiger charge is 2.39. The minimum absolute atomic E-state index is 0.108. The second kappa shape index (κ2) is 12.7. The van der Waals surface area contributed by atoms with Crippen molar-refractivity contribution in [2.75, 3.05) is 31.4 Å². The van der Waals surface area contributed by atoms with Crippen LogP contribution < -0.4 is 20.1 Å². The number of hydrogen-bond acceptors (Lipinski definition) is 6. The predicted octanol–water partition coefficient (Wildman–Crippen LogP) is 5.48. The Kier molecular flexibility index (Phi) is 8.77. The summed E-state index contributed by atoms with van der Waals surface area (Å²) in [5.41, 5.74) is 3.15. The first-order valence-electron chi connectivity index (χ1n) is 14.3. The predicted molar refractivity (Wildman–Crippen MR) is 160 cm³/mol. The number of nitrogens with zero attached hydrogens (tertiary/aromatic N) is 1. The number of fused-ring (bicyclic) bond motifs is 2. The van der Waals surface area contributed by atoms with E-state index < -0.39 is 0 Å². The second-order valence-corrected chi connectivity index (χ2v) is 11.1. The van der Waals surface area contributed by atoms with Crippen molar-refractivity contribution in [1.29, 1.82) is 0 Å². The maximum absolute atomic E-state index is 13.6. The molecule has 2 heterocycles. The average Bonchev–Trinajstić information content (AvgIpc) is 2.99. The van der Waals surface area contributed by atoms with Gasteiger partial charge in [-0.25, -0.2) is 0 Å². The number of para-hydroxylation sites is 1. The maximum Gasteiger partial charge on any atom is 0.259 e. The number of benzene rings is 3. The van der Waals surface area contributed by atoms with Crippen LogP contribution in [0, 0.1) is 0 Å². The first kappa shape index (κ1) is 29.1. The van der Waals surface area contributed by atoms with E-state index in [4.69, 9.17) is 14.2 Å². The fraction of sp³-hybridized carbons (Fsp3) is 0.364. The van der Waals surface area contributed by atoms with Crippen LogP contribution in [-0.4, -0.2) is 61.6 Å². The number of rotatable bonds is 7. The second-order valence-electron chi connectivity index (χ2n) is 11.1. The lowest BCUT2D eigenvalue weighted by molar-refractivity contribution is -0.130. The number of ether oxygens (including phenoxy) is 3. The van der Waals surface area contributed by atoms with Crippen LogP contribution in [-0.2, 0) is 9.53 Å². The van der Waals surface area contributed by atoms with Gasteiger partial charge in [-0.1, -0.05) is 38.1 Å². The van der Waals surface area contributed by atoms with Crippen molar-refractivity contribution in [2.24, 2.45) is 0 Å². The molecule has 0 unspecified atom stereocenters. The Morgan fingerprint density at radius 3 is 2.57 bits per heavy atom. The number of carbonyl (C=O) groups excluding carboxylic acids is 3. The minimum atomic E-state index is -0.382. The van der Waals surface area contributed by atoms with Crippen LogP contribution >= 0.6 is 0 Å². The third-order valence-electron chi connectivity index (χ3n) is 7.87. The first-order chi connectivity index (χ1) is 20.2. The highest BCUT2D eigenvalue weighted by Crippen LogP contribution is 2.33. The lowest BCUT2D eigenvalue weighted by Gasteiger charge is -2.42. The van der Waals surface area contributed by atoms with E-state index in [0.717, 1.165) is 11.3 Å². The van der Waals surface area contributed by atoms with E-state index in [9.17, 15) is 14.4 Å². The normalized spacial score (nSPS) is 20.0. The highest BCUT2D eigenvalue weighted by atomic mass is 16.5. The standard InChI is InChI=1S/C33H37N3O6/c1-20(2)21-8-7-9-22(16-21)34-31(37)18-24-13-14-27-30(42-24)19-41-29-15-12-23(17-26(29)33(39)36(27)3)35-32(38)25-10-5-6-11-28(25)40-4/h5-12,15-17,20,24,27,30H,13-14,18-19H2,1-4H3,(H,34,37)(H,35,38)/t24-,27+,30-/m1/s1. The zero-order chi connectivity index (χ0) is 29.8. The van der Waals surface area contributed by atoms with E-state index in [-0.39, 0.29) is 49.0 Å². The monoisotopic (exact) mass is 571 g/mol. The molecule has 1 saturated heterocycles. The van der Waals surface area contributed by atoms with E-state index in [1.54, 1.807) is 54.4 Å². The summed E-state index contributed by atoms with van der Waals surface area (Å²) in [5.74, 6) is 0.562.